The van der Waals surface area contributed by atoms with Crippen LogP contribution in [0.2, 0.25) is 0 Å². The Morgan fingerprint density at radius 1 is 0.523 bits per heavy atom. The number of aliphatic hydroxyl groups excluding tert-OH is 2. The van der Waals surface area contributed by atoms with Gasteiger partial charge in [-0.1, -0.05) is 121 Å². The summed E-state index contributed by atoms with van der Waals surface area (Å²) in [4.78, 5) is 0. The highest BCUT2D eigenvalue weighted by Crippen LogP contribution is 2.45. The molecule has 2 heterocycles. The Morgan fingerprint density at radius 2 is 0.932 bits per heavy atom. The maximum Gasteiger partial charge on any atom is 0.229 e. The minimum atomic E-state index is -1.68. The van der Waals surface area contributed by atoms with E-state index in [1.54, 1.807) is 0 Å². The van der Waals surface area contributed by atoms with Crippen molar-refractivity contribution in [2.45, 2.75) is 75.6 Å². The molecule has 2 N–H and O–H groups in total. The molecule has 8 nitrogen and oxygen atoms in total. The number of aliphatic hydroxyl groups is 2. The minimum Gasteiger partial charge on any atom is -0.368 e. The molecule has 4 aromatic rings. The third-order valence-electron chi connectivity index (χ3n) is 7.93. The second-order valence-corrected chi connectivity index (χ2v) is 11.1. The van der Waals surface area contributed by atoms with Crippen LogP contribution in [0.3, 0.4) is 0 Å². The van der Waals surface area contributed by atoms with Crippen LogP contribution in [0.1, 0.15) is 28.7 Å². The second kappa shape index (κ2) is 14.6. The van der Waals surface area contributed by atoms with Gasteiger partial charge in [-0.2, -0.15) is 0 Å². The van der Waals surface area contributed by atoms with E-state index in [0.29, 0.717) is 0 Å². The fourth-order valence-corrected chi connectivity index (χ4v) is 5.74. The lowest BCUT2D eigenvalue weighted by atomic mass is 9.90. The molecule has 2 unspecified atom stereocenters. The van der Waals surface area contributed by atoms with Crippen molar-refractivity contribution in [1.29, 1.82) is 0 Å². The Bertz CT molecular complexity index is 1410. The van der Waals surface area contributed by atoms with E-state index in [2.05, 4.69) is 0 Å². The Kier molecular flexibility index (Phi) is 10.1. The van der Waals surface area contributed by atoms with Gasteiger partial charge in [0.1, 0.15) is 24.4 Å². The molecule has 0 bridgehead atoms. The summed E-state index contributed by atoms with van der Waals surface area (Å²) in [7, 11) is 0. The molecule has 2 fully saturated rings. The fraction of sp³-hybridized carbons (Fsp3) is 0.333. The molecule has 0 amide bonds. The Balaban J connectivity index is 1.33. The molecule has 8 heteroatoms. The third kappa shape index (κ3) is 7.26. The molecule has 0 saturated carbocycles. The molecule has 0 radical (unpaired) electrons. The van der Waals surface area contributed by atoms with Crippen molar-refractivity contribution >= 4 is 0 Å². The summed E-state index contributed by atoms with van der Waals surface area (Å²) in [6.07, 6.45) is -6.10. The van der Waals surface area contributed by atoms with Crippen molar-refractivity contribution in [2.75, 3.05) is 0 Å². The van der Waals surface area contributed by atoms with E-state index in [1.165, 1.54) is 0 Å². The first-order valence-electron chi connectivity index (χ1n) is 14.9. The van der Waals surface area contributed by atoms with Crippen LogP contribution in [0.5, 0.6) is 0 Å². The summed E-state index contributed by atoms with van der Waals surface area (Å²) in [6.45, 7) is 0.890. The van der Waals surface area contributed by atoms with Crippen molar-refractivity contribution < 1.29 is 38.6 Å². The molecule has 7 atom stereocenters. The van der Waals surface area contributed by atoms with Gasteiger partial charge in [0.2, 0.25) is 5.79 Å². The highest BCUT2D eigenvalue weighted by Gasteiger charge is 2.65. The average molecular weight is 599 g/mol. The first-order valence-corrected chi connectivity index (χ1v) is 14.9. The average Bonchev–Trinajstić information content (AvgIpc) is 3.38. The quantitative estimate of drug-likeness (QED) is 0.232. The van der Waals surface area contributed by atoms with Crippen LogP contribution in [-0.4, -0.2) is 53.0 Å². The van der Waals surface area contributed by atoms with Crippen molar-refractivity contribution in [1.82, 2.24) is 0 Å². The molecule has 6 rings (SSSR count). The van der Waals surface area contributed by atoms with E-state index >= 15 is 0 Å². The van der Waals surface area contributed by atoms with Crippen LogP contribution < -0.4 is 0 Å². The maximum atomic E-state index is 11.5. The third-order valence-corrected chi connectivity index (χ3v) is 7.93. The van der Waals surface area contributed by atoms with Gasteiger partial charge in [-0.25, -0.2) is 0 Å². The Hall–Kier alpha value is -3.44. The predicted molar refractivity (Wildman–Crippen MR) is 162 cm³/mol. The summed E-state index contributed by atoms with van der Waals surface area (Å²) in [5, 5.41) is 22.4. The van der Waals surface area contributed by atoms with Crippen molar-refractivity contribution in [3.05, 3.63) is 144 Å². The van der Waals surface area contributed by atoms with Gasteiger partial charge < -0.3 is 38.6 Å². The van der Waals surface area contributed by atoms with Crippen molar-refractivity contribution in [2.24, 2.45) is 0 Å². The van der Waals surface area contributed by atoms with E-state index < -0.39 is 42.8 Å². The van der Waals surface area contributed by atoms with Gasteiger partial charge in [-0.3, -0.25) is 0 Å². The summed E-state index contributed by atoms with van der Waals surface area (Å²) in [5.74, 6) is -1.68. The molecule has 4 aromatic carbocycles. The van der Waals surface area contributed by atoms with Crippen LogP contribution >= 0.6 is 0 Å². The molecule has 0 aliphatic carbocycles. The van der Waals surface area contributed by atoms with Gasteiger partial charge in [-0.05, 0) is 22.3 Å². The fourth-order valence-electron chi connectivity index (χ4n) is 5.74. The second-order valence-electron chi connectivity index (χ2n) is 11.1. The topological polar surface area (TPSA) is 95.8 Å². The first-order chi connectivity index (χ1) is 21.6. The normalized spacial score (nSPS) is 28.3. The summed E-state index contributed by atoms with van der Waals surface area (Å²) in [5.41, 5.74) is 3.75. The number of benzene rings is 4. The minimum absolute atomic E-state index is 0.117. The van der Waals surface area contributed by atoms with Crippen LogP contribution in [-0.2, 0) is 54.8 Å². The van der Waals surface area contributed by atoms with Crippen LogP contribution in [0, 0.1) is 0 Å². The first kappa shape index (κ1) is 30.6. The summed E-state index contributed by atoms with van der Waals surface area (Å²) >= 11 is 0. The lowest BCUT2D eigenvalue weighted by molar-refractivity contribution is -0.427. The van der Waals surface area contributed by atoms with E-state index in [9.17, 15) is 10.2 Å². The van der Waals surface area contributed by atoms with Crippen LogP contribution in [0.15, 0.2) is 121 Å². The van der Waals surface area contributed by atoms with Gasteiger partial charge in [0.15, 0.2) is 12.6 Å². The predicted octanol–water partition coefficient (Wildman–Crippen LogP) is 5.11. The lowest BCUT2D eigenvalue weighted by Gasteiger charge is -2.50. The standard InChI is InChI=1S/C36H38O8/c37-31-21-30(39-22-26-13-5-1-6-14-26)36(43-31)34(42-25-29-19-11-4-12-20-29)32(40-23-27-15-7-2-8-16-27)33(35(38)44-36)41-24-28-17-9-3-10-18-28/h1-20,30-35,37-38H,21-25H2/t30-,31?,32+,33+,34-,35-,36?/m0/s1. The van der Waals surface area contributed by atoms with E-state index in [1.807, 2.05) is 121 Å². The van der Waals surface area contributed by atoms with E-state index in [4.69, 9.17) is 28.4 Å². The molecule has 230 valence electrons. The highest BCUT2D eigenvalue weighted by molar-refractivity contribution is 5.17. The maximum absolute atomic E-state index is 11.5. The molecule has 2 aliphatic heterocycles. The molecular formula is C36H38O8. The molecule has 2 saturated heterocycles. The Morgan fingerprint density at radius 3 is 1.41 bits per heavy atom. The number of hydrogen-bond donors (Lipinski definition) is 2. The van der Waals surface area contributed by atoms with Gasteiger partial charge in [0.25, 0.3) is 0 Å². The monoisotopic (exact) mass is 598 g/mol. The van der Waals surface area contributed by atoms with Gasteiger partial charge in [-0.15, -0.1) is 0 Å². The summed E-state index contributed by atoms with van der Waals surface area (Å²) < 4.78 is 38.3. The SMILES string of the molecule is OC1C[C@H](OCc2ccccc2)C2(O1)O[C@H](O)[C@H](OCc1ccccc1)[C@@H](OCc1ccccc1)[C@@H]2OCc1ccccc1. The Labute approximate surface area is 257 Å². The number of hydrogen-bond acceptors (Lipinski definition) is 8. The van der Waals surface area contributed by atoms with Crippen LogP contribution in [0.4, 0.5) is 0 Å². The largest absolute Gasteiger partial charge is 0.368 e. The zero-order valence-corrected chi connectivity index (χ0v) is 24.4. The molecule has 1 spiro atoms. The smallest absolute Gasteiger partial charge is 0.229 e. The van der Waals surface area contributed by atoms with Crippen LogP contribution in [0.25, 0.3) is 0 Å². The number of rotatable bonds is 12. The van der Waals surface area contributed by atoms with Crippen molar-refractivity contribution in [3.8, 4) is 0 Å². The van der Waals surface area contributed by atoms with E-state index in [0.717, 1.165) is 22.3 Å². The molecule has 2 aliphatic rings. The molecule has 44 heavy (non-hydrogen) atoms. The molecular weight excluding hydrogens is 560 g/mol. The van der Waals surface area contributed by atoms with Crippen molar-refractivity contribution in [3.63, 3.8) is 0 Å². The van der Waals surface area contributed by atoms with Gasteiger partial charge >= 0.3 is 0 Å². The van der Waals surface area contributed by atoms with E-state index in [-0.39, 0.29) is 32.8 Å². The lowest BCUT2D eigenvalue weighted by Crippen LogP contribution is -2.69. The highest BCUT2D eigenvalue weighted by atomic mass is 16.8. The summed E-state index contributed by atoms with van der Waals surface area (Å²) in [6, 6.07) is 38.9. The molecule has 0 aromatic heterocycles. The van der Waals surface area contributed by atoms with Gasteiger partial charge in [0.05, 0.1) is 26.4 Å². The zero-order valence-electron chi connectivity index (χ0n) is 24.4. The van der Waals surface area contributed by atoms with Gasteiger partial charge in [0, 0.05) is 6.42 Å². The zero-order chi connectivity index (χ0) is 30.2. The number of ether oxygens (including phenoxy) is 6.